The summed E-state index contributed by atoms with van der Waals surface area (Å²) < 4.78 is 12.3. The van der Waals surface area contributed by atoms with Crippen LogP contribution in [0.4, 0.5) is 5.69 Å². The number of ether oxygens (including phenoxy) is 2. The lowest BCUT2D eigenvalue weighted by Gasteiger charge is -2.55. The highest BCUT2D eigenvalue weighted by atomic mass is 16.5. The normalized spacial score (nSPS) is 37.3. The lowest BCUT2D eigenvalue weighted by Crippen LogP contribution is -2.52. The second-order valence-electron chi connectivity index (χ2n) is 12.3. The van der Waals surface area contributed by atoms with Gasteiger partial charge in [-0.15, -0.1) is 0 Å². The smallest absolute Gasteiger partial charge is 0.303 e. The van der Waals surface area contributed by atoms with Gasteiger partial charge < -0.3 is 14.4 Å². The molecule has 1 aliphatic heterocycles. The number of hydrogen-bond acceptors (Lipinski definition) is 4. The molecule has 3 fully saturated rings. The van der Waals surface area contributed by atoms with Gasteiger partial charge in [-0.05, 0) is 104 Å². The van der Waals surface area contributed by atoms with Crippen LogP contribution in [0.1, 0.15) is 76.7 Å². The monoisotopic (exact) mass is 487 g/mol. The fourth-order valence-electron chi connectivity index (χ4n) is 8.83. The summed E-state index contributed by atoms with van der Waals surface area (Å²) in [6, 6.07) is 9.28. The van der Waals surface area contributed by atoms with Crippen LogP contribution in [0.2, 0.25) is 0 Å². The lowest BCUT2D eigenvalue weighted by molar-refractivity contribution is -0.144. The lowest BCUT2D eigenvalue weighted by atomic mass is 9.50. The van der Waals surface area contributed by atoms with Crippen molar-refractivity contribution in [3.8, 4) is 0 Å². The number of benzene rings is 1. The van der Waals surface area contributed by atoms with E-state index in [1.54, 1.807) is 11.1 Å². The Morgan fingerprint density at radius 1 is 1.11 bits per heavy atom. The third-order valence-corrected chi connectivity index (χ3v) is 10.4. The molecule has 1 heterocycles. The fourth-order valence-corrected chi connectivity index (χ4v) is 8.83. The molecule has 1 aromatic rings. The average Bonchev–Trinajstić information content (AvgIpc) is 3.38. The molecule has 0 N–H and O–H groups in total. The Labute approximate surface area is 216 Å². The van der Waals surface area contributed by atoms with Crippen molar-refractivity contribution in [2.24, 2.45) is 17.3 Å². The summed E-state index contributed by atoms with van der Waals surface area (Å²) in [5.74, 6) is 1.45. The van der Waals surface area contributed by atoms with Crippen LogP contribution in [0.3, 0.4) is 0 Å². The van der Waals surface area contributed by atoms with Crippen molar-refractivity contribution in [1.82, 2.24) is 0 Å². The van der Waals surface area contributed by atoms with E-state index in [9.17, 15) is 4.79 Å². The minimum absolute atomic E-state index is 0.0740. The van der Waals surface area contributed by atoms with Crippen LogP contribution in [0, 0.1) is 17.3 Å². The van der Waals surface area contributed by atoms with Gasteiger partial charge in [0.25, 0.3) is 0 Å². The molecule has 4 heteroatoms. The molecule has 0 radical (unpaired) electrons. The number of allylic oxidation sites excluding steroid dienone is 3. The van der Waals surface area contributed by atoms with E-state index in [2.05, 4.69) is 62.8 Å². The molecule has 0 amide bonds. The molecule has 36 heavy (non-hydrogen) atoms. The molecular weight excluding hydrogens is 446 g/mol. The molecule has 5 aliphatic rings. The van der Waals surface area contributed by atoms with Crippen molar-refractivity contribution in [2.75, 3.05) is 25.6 Å². The minimum Gasteiger partial charge on any atom is -0.458 e. The van der Waals surface area contributed by atoms with E-state index in [4.69, 9.17) is 9.47 Å². The highest BCUT2D eigenvalue weighted by molar-refractivity contribution is 5.66. The van der Waals surface area contributed by atoms with Gasteiger partial charge in [0, 0.05) is 38.0 Å². The van der Waals surface area contributed by atoms with E-state index in [0.29, 0.717) is 17.8 Å². The number of hydrogen-bond donors (Lipinski definition) is 0. The van der Waals surface area contributed by atoms with Crippen LogP contribution in [-0.2, 0) is 14.3 Å². The summed E-state index contributed by atoms with van der Waals surface area (Å²) in [4.78, 5) is 13.8. The van der Waals surface area contributed by atoms with E-state index in [1.807, 2.05) is 0 Å². The predicted octanol–water partition coefficient (Wildman–Crippen LogP) is 6.73. The third kappa shape index (κ3) is 3.47. The summed E-state index contributed by atoms with van der Waals surface area (Å²) in [5.41, 5.74) is 8.66. The first-order chi connectivity index (χ1) is 17.2. The first-order valence-electron chi connectivity index (χ1n) is 13.9. The molecule has 4 nitrogen and oxygen atoms in total. The molecule has 192 valence electrons. The van der Waals surface area contributed by atoms with Gasteiger partial charge in [0.05, 0.1) is 12.2 Å². The minimum atomic E-state index is -0.179. The Morgan fingerprint density at radius 3 is 2.56 bits per heavy atom. The molecular formula is C32H41NO3. The highest BCUT2D eigenvalue weighted by Crippen LogP contribution is 2.70. The van der Waals surface area contributed by atoms with Crippen LogP contribution in [0.15, 0.2) is 59.2 Å². The van der Waals surface area contributed by atoms with Gasteiger partial charge in [-0.1, -0.05) is 31.2 Å². The zero-order valence-electron chi connectivity index (χ0n) is 22.4. The quantitative estimate of drug-likeness (QED) is 0.350. The van der Waals surface area contributed by atoms with Gasteiger partial charge >= 0.3 is 5.97 Å². The molecule has 0 bridgehead atoms. The van der Waals surface area contributed by atoms with Crippen molar-refractivity contribution < 1.29 is 14.3 Å². The van der Waals surface area contributed by atoms with Crippen LogP contribution in [0.5, 0.6) is 0 Å². The molecule has 1 spiro atoms. The van der Waals surface area contributed by atoms with Crippen molar-refractivity contribution in [2.45, 2.75) is 82.8 Å². The van der Waals surface area contributed by atoms with Gasteiger partial charge in [-0.25, -0.2) is 0 Å². The molecule has 2 saturated carbocycles. The van der Waals surface area contributed by atoms with Gasteiger partial charge in [-0.2, -0.15) is 0 Å². The van der Waals surface area contributed by atoms with Crippen LogP contribution < -0.4 is 4.90 Å². The number of rotatable bonds is 3. The van der Waals surface area contributed by atoms with E-state index >= 15 is 0 Å². The second kappa shape index (κ2) is 8.62. The maximum atomic E-state index is 11.6. The van der Waals surface area contributed by atoms with Crippen LogP contribution in [-0.4, -0.2) is 38.4 Å². The second-order valence-corrected chi connectivity index (χ2v) is 12.3. The summed E-state index contributed by atoms with van der Waals surface area (Å²) in [6.07, 6.45) is 10.9. The first kappa shape index (κ1) is 24.0. The number of esters is 1. The predicted molar refractivity (Wildman–Crippen MR) is 144 cm³/mol. The fraction of sp³-hybridized carbons (Fsp3) is 0.594. The van der Waals surface area contributed by atoms with E-state index < -0.39 is 0 Å². The molecule has 4 aliphatic carbocycles. The first-order valence-corrected chi connectivity index (χ1v) is 13.9. The Kier molecular flexibility index (Phi) is 5.75. The van der Waals surface area contributed by atoms with Crippen molar-refractivity contribution in [1.29, 1.82) is 0 Å². The largest absolute Gasteiger partial charge is 0.458 e. The van der Waals surface area contributed by atoms with E-state index in [1.165, 1.54) is 42.2 Å². The van der Waals surface area contributed by atoms with E-state index in [0.717, 1.165) is 45.1 Å². The standard InChI is InChI=1S/C32H41NO3/c1-20-15-17-35-32(20)16-14-29-27-12-8-23-18-25(36-21(2)34)11-13-26(23)30(27)28(19-31(29,32)3)22-6-9-24(10-7-22)33(4)5/h6-7,9-10,18,25,27-29H,1,8,11-17,19H2,2-5H3/t25-,27-,28+,29-,31-,32-/m0/s1. The third-order valence-electron chi connectivity index (χ3n) is 10.4. The van der Waals surface area contributed by atoms with Gasteiger partial charge in [-0.3, -0.25) is 4.79 Å². The Morgan fingerprint density at radius 2 is 1.89 bits per heavy atom. The topological polar surface area (TPSA) is 38.8 Å². The average molecular weight is 488 g/mol. The Hall–Kier alpha value is -2.33. The summed E-state index contributed by atoms with van der Waals surface area (Å²) >= 11 is 0. The van der Waals surface area contributed by atoms with Gasteiger partial charge in [0.2, 0.25) is 0 Å². The molecule has 0 unspecified atom stereocenters. The van der Waals surface area contributed by atoms with Crippen molar-refractivity contribution in [3.63, 3.8) is 0 Å². The maximum absolute atomic E-state index is 11.6. The number of anilines is 1. The SMILES string of the molecule is C=C1CCO[C@@]12CC[C@H]1[C@@H]3CCC4=C[C@@H](OC(C)=O)CCC4=C3[C@@H](c3ccc(N(C)C)cc3)C[C@@]12C. The number of nitrogens with zero attached hydrogens (tertiary/aromatic N) is 1. The molecule has 6 atom stereocenters. The molecule has 1 aromatic carbocycles. The summed E-state index contributed by atoms with van der Waals surface area (Å²) in [7, 11) is 4.21. The van der Waals surface area contributed by atoms with Gasteiger partial charge in [0.15, 0.2) is 0 Å². The number of carbonyl (C=O) groups is 1. The van der Waals surface area contributed by atoms with Crippen molar-refractivity contribution in [3.05, 3.63) is 64.8 Å². The van der Waals surface area contributed by atoms with Crippen LogP contribution in [0.25, 0.3) is 0 Å². The highest BCUT2D eigenvalue weighted by Gasteiger charge is 2.65. The number of fused-ring (bicyclic) bond motifs is 5. The Bertz CT molecular complexity index is 1140. The summed E-state index contributed by atoms with van der Waals surface area (Å²) in [5, 5.41) is 0. The summed E-state index contributed by atoms with van der Waals surface area (Å²) in [6.45, 7) is 9.44. The van der Waals surface area contributed by atoms with Crippen molar-refractivity contribution >= 4 is 11.7 Å². The Balaban J connectivity index is 1.47. The van der Waals surface area contributed by atoms with Crippen LogP contribution >= 0.6 is 0 Å². The maximum Gasteiger partial charge on any atom is 0.303 e. The molecule has 0 aromatic heterocycles. The molecule has 1 saturated heterocycles. The molecule has 6 rings (SSSR count). The zero-order chi connectivity index (χ0) is 25.2. The number of carbonyl (C=O) groups excluding carboxylic acids is 1. The van der Waals surface area contributed by atoms with Gasteiger partial charge in [0.1, 0.15) is 6.10 Å². The van der Waals surface area contributed by atoms with E-state index in [-0.39, 0.29) is 23.1 Å². The zero-order valence-corrected chi connectivity index (χ0v) is 22.4.